The molecule has 0 saturated carbocycles. The summed E-state index contributed by atoms with van der Waals surface area (Å²) < 4.78 is 5.83. The Morgan fingerprint density at radius 1 is 1.13 bits per heavy atom. The van der Waals surface area contributed by atoms with Crippen molar-refractivity contribution in [3.63, 3.8) is 0 Å². The number of ether oxygens (including phenoxy) is 1. The van der Waals surface area contributed by atoms with E-state index in [1.807, 2.05) is 30.5 Å². The van der Waals surface area contributed by atoms with E-state index in [-0.39, 0.29) is 13.0 Å². The second-order valence-electron chi connectivity index (χ2n) is 7.35. The normalized spacial score (nSPS) is 13.6. The molecule has 2 heterocycles. The molecule has 0 spiro atoms. The largest absolute Gasteiger partial charge is 0.489 e. The smallest absolute Gasteiger partial charge is 0.304 e. The average Bonchev–Trinajstić information content (AvgIpc) is 2.77. The molecule has 31 heavy (non-hydrogen) atoms. The highest BCUT2D eigenvalue weighted by atomic mass is 35.5. The highest BCUT2D eigenvalue weighted by Crippen LogP contribution is 2.27. The molecule has 0 fully saturated rings. The van der Waals surface area contributed by atoms with Crippen LogP contribution in [0.1, 0.15) is 23.2 Å². The number of aromatic nitrogens is 2. The van der Waals surface area contributed by atoms with Gasteiger partial charge >= 0.3 is 5.97 Å². The number of carboxylic acid groups (broad SMARTS) is 1. The number of hydrogen-bond acceptors (Lipinski definition) is 5. The molecule has 1 aliphatic heterocycles. The molecule has 4 rings (SSSR count). The van der Waals surface area contributed by atoms with E-state index >= 15 is 0 Å². The molecule has 1 aliphatic rings. The molecular weight excluding hydrogens is 437 g/mol. The fourth-order valence-corrected chi connectivity index (χ4v) is 3.99. The third-order valence-electron chi connectivity index (χ3n) is 5.21. The van der Waals surface area contributed by atoms with Crippen molar-refractivity contribution in [3.05, 3.63) is 75.5 Å². The van der Waals surface area contributed by atoms with Crippen molar-refractivity contribution in [1.29, 1.82) is 0 Å². The number of fused-ring (bicyclic) bond motifs is 1. The Balaban J connectivity index is 1.41. The summed E-state index contributed by atoms with van der Waals surface area (Å²) in [6.45, 7) is 2.30. The Bertz CT molecular complexity index is 1070. The lowest BCUT2D eigenvalue weighted by Crippen LogP contribution is -2.33. The van der Waals surface area contributed by atoms with Gasteiger partial charge in [0.25, 0.3) is 0 Å². The zero-order valence-corrected chi connectivity index (χ0v) is 18.2. The summed E-state index contributed by atoms with van der Waals surface area (Å²) in [5.41, 5.74) is 3.73. The molecule has 8 heteroatoms. The summed E-state index contributed by atoms with van der Waals surface area (Å²) in [7, 11) is 0. The first-order chi connectivity index (χ1) is 15.0. The molecule has 1 aromatic heterocycles. The SMILES string of the molecule is O=C(O)CCN1CCc2nc(-c3ccc(OCc4c(Cl)cccc4Cl)cc3)ncc2C1. The molecule has 1 N–H and O–H groups in total. The molecular formula is C23H21Cl2N3O3. The van der Waals surface area contributed by atoms with Crippen molar-refractivity contribution in [1.82, 2.24) is 14.9 Å². The summed E-state index contributed by atoms with van der Waals surface area (Å²) >= 11 is 12.4. The highest BCUT2D eigenvalue weighted by Gasteiger charge is 2.19. The summed E-state index contributed by atoms with van der Waals surface area (Å²) in [6.07, 6.45) is 2.77. The van der Waals surface area contributed by atoms with E-state index in [1.54, 1.807) is 18.2 Å². The van der Waals surface area contributed by atoms with Crippen molar-refractivity contribution in [2.75, 3.05) is 13.1 Å². The summed E-state index contributed by atoms with van der Waals surface area (Å²) in [5, 5.41) is 10.0. The number of nitrogens with zero attached hydrogens (tertiary/aromatic N) is 3. The number of carbonyl (C=O) groups is 1. The van der Waals surface area contributed by atoms with Gasteiger partial charge in [0.2, 0.25) is 0 Å². The van der Waals surface area contributed by atoms with Crippen LogP contribution in [-0.2, 0) is 24.4 Å². The van der Waals surface area contributed by atoms with Gasteiger partial charge < -0.3 is 9.84 Å². The minimum atomic E-state index is -0.778. The lowest BCUT2D eigenvalue weighted by atomic mass is 10.1. The number of carboxylic acids is 1. The lowest BCUT2D eigenvalue weighted by molar-refractivity contribution is -0.137. The summed E-state index contributed by atoms with van der Waals surface area (Å²) in [4.78, 5) is 22.1. The predicted molar refractivity (Wildman–Crippen MR) is 119 cm³/mol. The Hall–Kier alpha value is -2.67. The zero-order valence-electron chi connectivity index (χ0n) is 16.7. The van der Waals surface area contributed by atoms with Crippen molar-refractivity contribution >= 4 is 29.2 Å². The van der Waals surface area contributed by atoms with Crippen LogP contribution >= 0.6 is 23.2 Å². The maximum atomic E-state index is 10.8. The Morgan fingerprint density at radius 2 is 1.87 bits per heavy atom. The van der Waals surface area contributed by atoms with Crippen LogP contribution in [0, 0.1) is 0 Å². The quantitative estimate of drug-likeness (QED) is 0.545. The fraction of sp³-hybridized carbons (Fsp3) is 0.261. The van der Waals surface area contributed by atoms with E-state index in [2.05, 4.69) is 9.88 Å². The second kappa shape index (κ2) is 9.64. The molecule has 6 nitrogen and oxygen atoms in total. The van der Waals surface area contributed by atoms with Crippen molar-refractivity contribution in [3.8, 4) is 17.1 Å². The number of benzene rings is 2. The van der Waals surface area contributed by atoms with E-state index < -0.39 is 5.97 Å². The van der Waals surface area contributed by atoms with Gasteiger partial charge in [0.05, 0.1) is 12.1 Å². The molecule has 0 radical (unpaired) electrons. The monoisotopic (exact) mass is 457 g/mol. The number of aliphatic carboxylic acids is 1. The van der Waals surface area contributed by atoms with E-state index in [4.69, 9.17) is 38.0 Å². The van der Waals surface area contributed by atoms with Crippen LogP contribution in [0.4, 0.5) is 0 Å². The van der Waals surface area contributed by atoms with Crippen molar-refractivity contribution in [2.45, 2.75) is 26.0 Å². The second-order valence-corrected chi connectivity index (χ2v) is 8.16. The van der Waals surface area contributed by atoms with Gasteiger partial charge in [0, 0.05) is 59.0 Å². The van der Waals surface area contributed by atoms with Gasteiger partial charge in [-0.15, -0.1) is 0 Å². The fourth-order valence-electron chi connectivity index (χ4n) is 3.48. The zero-order chi connectivity index (χ0) is 21.8. The maximum Gasteiger partial charge on any atom is 0.304 e. The minimum absolute atomic E-state index is 0.144. The molecule has 0 unspecified atom stereocenters. The summed E-state index contributed by atoms with van der Waals surface area (Å²) in [6, 6.07) is 13.0. The Labute approximate surface area is 190 Å². The third-order valence-corrected chi connectivity index (χ3v) is 5.92. The van der Waals surface area contributed by atoms with Gasteiger partial charge in [-0.3, -0.25) is 9.69 Å². The summed E-state index contributed by atoms with van der Waals surface area (Å²) in [5.74, 6) is 0.588. The van der Waals surface area contributed by atoms with Crippen LogP contribution in [0.15, 0.2) is 48.7 Å². The maximum absolute atomic E-state index is 10.8. The van der Waals surface area contributed by atoms with Crippen molar-refractivity contribution in [2.24, 2.45) is 0 Å². The van der Waals surface area contributed by atoms with Crippen LogP contribution in [0.3, 0.4) is 0 Å². The molecule has 0 amide bonds. The third kappa shape index (κ3) is 5.34. The van der Waals surface area contributed by atoms with E-state index in [1.165, 1.54) is 0 Å². The van der Waals surface area contributed by atoms with Gasteiger partial charge in [0.1, 0.15) is 12.4 Å². The first-order valence-electron chi connectivity index (χ1n) is 9.94. The van der Waals surface area contributed by atoms with E-state index in [9.17, 15) is 4.79 Å². The molecule has 0 saturated heterocycles. The molecule has 0 aliphatic carbocycles. The Kier molecular flexibility index (Phi) is 6.70. The topological polar surface area (TPSA) is 75.5 Å². The lowest BCUT2D eigenvalue weighted by Gasteiger charge is -2.27. The molecule has 3 aromatic rings. The standard InChI is InChI=1S/C23H21Cl2N3O3/c24-19-2-1-3-20(25)18(19)14-31-17-6-4-15(5-7-17)23-26-12-16-13-28(11-9-22(29)30)10-8-21(16)27-23/h1-7,12H,8-11,13-14H2,(H,29,30). The van der Waals surface area contributed by atoms with E-state index in [0.717, 1.165) is 35.3 Å². The molecule has 2 aromatic carbocycles. The van der Waals surface area contributed by atoms with Crippen LogP contribution in [0.25, 0.3) is 11.4 Å². The molecule has 0 atom stereocenters. The molecule has 0 bridgehead atoms. The van der Waals surface area contributed by atoms with Crippen molar-refractivity contribution < 1.29 is 14.6 Å². The first kappa shape index (κ1) is 21.6. The van der Waals surface area contributed by atoms with Crippen LogP contribution in [-0.4, -0.2) is 39.0 Å². The van der Waals surface area contributed by atoms with Gasteiger partial charge in [-0.2, -0.15) is 0 Å². The van der Waals surface area contributed by atoms with Gasteiger partial charge in [-0.1, -0.05) is 29.3 Å². The predicted octanol–water partition coefficient (Wildman–Crippen LogP) is 4.86. The van der Waals surface area contributed by atoms with Crippen LogP contribution in [0.5, 0.6) is 5.75 Å². The van der Waals surface area contributed by atoms with Gasteiger partial charge in [-0.05, 0) is 36.4 Å². The van der Waals surface area contributed by atoms with Gasteiger partial charge in [-0.25, -0.2) is 9.97 Å². The first-order valence-corrected chi connectivity index (χ1v) is 10.7. The van der Waals surface area contributed by atoms with E-state index in [0.29, 0.717) is 34.7 Å². The van der Waals surface area contributed by atoms with Gasteiger partial charge in [0.15, 0.2) is 5.82 Å². The van der Waals surface area contributed by atoms with Crippen LogP contribution < -0.4 is 4.74 Å². The van der Waals surface area contributed by atoms with Crippen LogP contribution in [0.2, 0.25) is 10.0 Å². The number of halogens is 2. The average molecular weight is 458 g/mol. The number of rotatable bonds is 7. The Morgan fingerprint density at radius 3 is 2.58 bits per heavy atom. The molecule has 160 valence electrons. The number of hydrogen-bond donors (Lipinski definition) is 1. The minimum Gasteiger partial charge on any atom is -0.489 e. The highest BCUT2D eigenvalue weighted by molar-refractivity contribution is 6.35.